The quantitative estimate of drug-likeness (QED) is 0.183. The van der Waals surface area contributed by atoms with E-state index < -0.39 is 11.9 Å². The zero-order chi connectivity index (χ0) is 21.3. The maximum atomic E-state index is 10.1. The van der Waals surface area contributed by atoms with Crippen LogP contribution < -0.4 is 10.2 Å². The first kappa shape index (κ1) is 33.1. The summed E-state index contributed by atoms with van der Waals surface area (Å²) in [4.78, 5) is 20.2. The first-order valence-corrected chi connectivity index (χ1v) is 11.9. The minimum absolute atomic E-state index is 0. The van der Waals surface area contributed by atoms with E-state index in [1.54, 1.807) is 0 Å². The van der Waals surface area contributed by atoms with E-state index in [1.165, 1.54) is 89.9 Å². The third kappa shape index (κ3) is 38.6. The van der Waals surface area contributed by atoms with Crippen LogP contribution in [-0.4, -0.2) is 11.9 Å². The summed E-state index contributed by atoms with van der Waals surface area (Å²) in [5.41, 5.74) is 0. The van der Waals surface area contributed by atoms with Gasteiger partial charge in [0, 0.05) is 11.9 Å². The van der Waals surface area contributed by atoms with Gasteiger partial charge in [-0.05, 0) is 25.7 Å². The van der Waals surface area contributed by atoms with Crippen LogP contribution in [-0.2, 0) is 26.1 Å². The van der Waals surface area contributed by atoms with E-state index in [9.17, 15) is 19.8 Å². The van der Waals surface area contributed by atoms with Crippen molar-refractivity contribution in [1.29, 1.82) is 0 Å². The van der Waals surface area contributed by atoms with Gasteiger partial charge in [0.2, 0.25) is 0 Å². The summed E-state index contributed by atoms with van der Waals surface area (Å²) in [5.74, 6) is -1.82. The van der Waals surface area contributed by atoms with E-state index in [4.69, 9.17) is 0 Å². The van der Waals surface area contributed by atoms with Gasteiger partial charge in [0.25, 0.3) is 0 Å². The Kier molecular flexibility index (Phi) is 33.8. The van der Waals surface area contributed by atoms with E-state index in [1.807, 2.05) is 0 Å². The molecule has 5 heteroatoms. The molecule has 0 atom stereocenters. The fraction of sp³-hybridized carbons (Fsp3) is 0.917. The molecule has 0 radical (unpaired) electrons. The number of aliphatic carboxylic acids is 2. The normalized spacial score (nSPS) is 10.0. The van der Waals surface area contributed by atoms with Gasteiger partial charge in [-0.3, -0.25) is 0 Å². The molecule has 0 bridgehead atoms. The molecule has 0 saturated heterocycles. The summed E-state index contributed by atoms with van der Waals surface area (Å²) in [5, 5.41) is 20.2. The van der Waals surface area contributed by atoms with Crippen LogP contribution in [0.15, 0.2) is 0 Å². The third-order valence-corrected chi connectivity index (χ3v) is 4.97. The van der Waals surface area contributed by atoms with E-state index in [0.29, 0.717) is 0 Å². The van der Waals surface area contributed by atoms with E-state index in [-0.39, 0.29) is 29.3 Å². The topological polar surface area (TPSA) is 80.3 Å². The van der Waals surface area contributed by atoms with Gasteiger partial charge in [0.05, 0.1) is 0 Å². The zero-order valence-corrected chi connectivity index (χ0v) is 20.1. The predicted octanol–water partition coefficient (Wildman–Crippen LogP) is 5.31. The van der Waals surface area contributed by atoms with Gasteiger partial charge in [-0.2, -0.15) is 0 Å². The van der Waals surface area contributed by atoms with Crippen LogP contribution >= 0.6 is 0 Å². The van der Waals surface area contributed by atoms with Gasteiger partial charge in [0.15, 0.2) is 0 Å². The van der Waals surface area contributed by atoms with Crippen molar-refractivity contribution >= 4 is 11.9 Å². The molecule has 0 aromatic rings. The fourth-order valence-corrected chi connectivity index (χ4v) is 3.16. The molecule has 0 aliphatic carbocycles. The Morgan fingerprint density at radius 1 is 0.448 bits per heavy atom. The summed E-state index contributed by atoms with van der Waals surface area (Å²) in [6, 6.07) is 0. The molecule has 0 aromatic heterocycles. The van der Waals surface area contributed by atoms with Crippen LogP contribution in [0.5, 0.6) is 0 Å². The van der Waals surface area contributed by atoms with Crippen molar-refractivity contribution in [3.05, 3.63) is 0 Å². The summed E-state index contributed by atoms with van der Waals surface area (Å²) in [6.45, 7) is 4.44. The van der Waals surface area contributed by atoms with Gasteiger partial charge in [-0.15, -0.1) is 0 Å². The Hall–Kier alpha value is -0.566. The number of carbonyl (C=O) groups excluding carboxylic acids is 2. The van der Waals surface area contributed by atoms with Crippen LogP contribution in [0.4, 0.5) is 0 Å². The van der Waals surface area contributed by atoms with E-state index in [2.05, 4.69) is 13.8 Å². The predicted molar refractivity (Wildman–Crippen MR) is 114 cm³/mol. The average molecular weight is 457 g/mol. The monoisotopic (exact) mass is 456 g/mol. The van der Waals surface area contributed by atoms with Crippen molar-refractivity contribution in [2.75, 3.05) is 0 Å². The summed E-state index contributed by atoms with van der Waals surface area (Å²) < 4.78 is 0. The number of unbranched alkanes of at least 4 members (excludes halogenated alkanes) is 16. The minimum atomic E-state index is -0.909. The molecule has 176 valence electrons. The average Bonchev–Trinajstić information content (AvgIpc) is 2.65. The SMILES string of the molecule is CCCCCCCCCCCC(=O)[O-].CCCCCCCCCCCC(=O)[O-].[Ni+2]. The van der Waals surface area contributed by atoms with Gasteiger partial charge >= 0.3 is 16.5 Å². The number of carbonyl (C=O) groups is 2. The molecule has 4 nitrogen and oxygen atoms in total. The molecule has 0 saturated carbocycles. The minimum Gasteiger partial charge on any atom is -0.550 e. The van der Waals surface area contributed by atoms with Gasteiger partial charge in [-0.1, -0.05) is 117 Å². The second kappa shape index (κ2) is 29.6. The van der Waals surface area contributed by atoms with Crippen molar-refractivity contribution in [2.24, 2.45) is 0 Å². The second-order valence-corrected chi connectivity index (χ2v) is 7.90. The zero-order valence-electron chi connectivity index (χ0n) is 19.1. The molecule has 0 N–H and O–H groups in total. The molecule has 0 heterocycles. The maximum Gasteiger partial charge on any atom is 2.00 e. The van der Waals surface area contributed by atoms with Crippen LogP contribution in [0.25, 0.3) is 0 Å². The van der Waals surface area contributed by atoms with Gasteiger partial charge < -0.3 is 19.8 Å². The second-order valence-electron chi connectivity index (χ2n) is 7.90. The Labute approximate surface area is 190 Å². The third-order valence-electron chi connectivity index (χ3n) is 4.97. The van der Waals surface area contributed by atoms with Crippen molar-refractivity contribution in [1.82, 2.24) is 0 Å². The molecule has 0 fully saturated rings. The van der Waals surface area contributed by atoms with Crippen molar-refractivity contribution in [3.63, 3.8) is 0 Å². The number of carboxylic acid groups (broad SMARTS) is 2. The molecule has 0 aromatic carbocycles. The first-order valence-electron chi connectivity index (χ1n) is 11.9. The molecule has 29 heavy (non-hydrogen) atoms. The number of carboxylic acids is 2. The molecule has 0 aliphatic rings. The van der Waals surface area contributed by atoms with E-state index in [0.717, 1.165) is 25.7 Å². The fourth-order valence-electron chi connectivity index (χ4n) is 3.16. The molecular weight excluding hydrogens is 411 g/mol. The molecule has 0 amide bonds. The van der Waals surface area contributed by atoms with Crippen LogP contribution in [0.2, 0.25) is 0 Å². The summed E-state index contributed by atoms with van der Waals surface area (Å²) >= 11 is 0. The van der Waals surface area contributed by atoms with E-state index >= 15 is 0 Å². The Bertz CT molecular complexity index is 303. The number of rotatable bonds is 20. The number of hydrogen-bond donors (Lipinski definition) is 0. The summed E-state index contributed by atoms with van der Waals surface area (Å²) in [6.07, 6.45) is 22.3. The molecular formula is C24H46NiO4. The van der Waals surface area contributed by atoms with Crippen molar-refractivity contribution in [2.45, 2.75) is 142 Å². The summed E-state index contributed by atoms with van der Waals surface area (Å²) in [7, 11) is 0. The largest absolute Gasteiger partial charge is 2.00 e. The molecule has 0 aliphatic heterocycles. The van der Waals surface area contributed by atoms with Gasteiger partial charge in [-0.25, -0.2) is 0 Å². The maximum absolute atomic E-state index is 10.1. The standard InChI is InChI=1S/2C12H24O2.Ni/c2*1-2-3-4-5-6-7-8-9-10-11-12(13)14;/h2*2-11H2,1H3,(H,13,14);/q;;+2/p-2. The Balaban J connectivity index is -0.000000451. The van der Waals surface area contributed by atoms with Crippen LogP contribution in [0, 0.1) is 0 Å². The Morgan fingerprint density at radius 2 is 0.655 bits per heavy atom. The van der Waals surface area contributed by atoms with Crippen molar-refractivity contribution < 1.29 is 36.3 Å². The van der Waals surface area contributed by atoms with Crippen molar-refractivity contribution in [3.8, 4) is 0 Å². The smallest absolute Gasteiger partial charge is 0.550 e. The Morgan fingerprint density at radius 3 is 0.862 bits per heavy atom. The first-order chi connectivity index (χ1) is 13.5. The van der Waals surface area contributed by atoms with Crippen LogP contribution in [0.3, 0.4) is 0 Å². The molecule has 0 unspecified atom stereocenters. The van der Waals surface area contributed by atoms with Crippen LogP contribution in [0.1, 0.15) is 142 Å². The molecule has 0 rings (SSSR count). The number of hydrogen-bond acceptors (Lipinski definition) is 4. The van der Waals surface area contributed by atoms with Gasteiger partial charge in [0.1, 0.15) is 0 Å². The molecule has 0 spiro atoms.